The number of aromatic nitrogens is 1. The number of hydrogen-bond donors (Lipinski definition) is 1. The number of fused-ring (bicyclic) bond motifs is 1. The van der Waals surface area contributed by atoms with Crippen molar-refractivity contribution < 1.29 is 4.79 Å². The number of aryl methyl sites for hydroxylation is 2. The summed E-state index contributed by atoms with van der Waals surface area (Å²) in [6, 6.07) is 6.15. The molecule has 0 aliphatic carbocycles. The molecule has 0 aliphatic rings. The molecule has 0 saturated carbocycles. The van der Waals surface area contributed by atoms with Gasteiger partial charge in [0, 0.05) is 29.2 Å². The Hall–Kier alpha value is -1.61. The molecular formula is C13H16N2O. The van der Waals surface area contributed by atoms with E-state index in [1.165, 1.54) is 0 Å². The zero-order valence-electron chi connectivity index (χ0n) is 9.87. The van der Waals surface area contributed by atoms with Crippen LogP contribution in [0.3, 0.4) is 0 Å². The Morgan fingerprint density at radius 3 is 2.69 bits per heavy atom. The summed E-state index contributed by atoms with van der Waals surface area (Å²) in [5.74, 6) is 0.00806. The van der Waals surface area contributed by atoms with Gasteiger partial charge in [-0.1, -0.05) is 11.6 Å². The third-order valence-electron chi connectivity index (χ3n) is 3.11. The average Bonchev–Trinajstić information content (AvgIpc) is 2.51. The summed E-state index contributed by atoms with van der Waals surface area (Å²) in [5, 5.41) is 1.01. The highest BCUT2D eigenvalue weighted by Gasteiger charge is 2.16. The second-order valence-corrected chi connectivity index (χ2v) is 4.17. The van der Waals surface area contributed by atoms with Crippen LogP contribution in [0.4, 0.5) is 0 Å². The van der Waals surface area contributed by atoms with E-state index in [4.69, 9.17) is 5.73 Å². The van der Waals surface area contributed by atoms with Gasteiger partial charge in [0.1, 0.15) is 0 Å². The quantitative estimate of drug-likeness (QED) is 0.780. The van der Waals surface area contributed by atoms with Gasteiger partial charge in [-0.05, 0) is 26.0 Å². The highest BCUT2D eigenvalue weighted by Crippen LogP contribution is 2.26. The van der Waals surface area contributed by atoms with Crippen molar-refractivity contribution in [2.24, 2.45) is 12.8 Å². The first-order chi connectivity index (χ1) is 7.56. The Labute approximate surface area is 94.9 Å². The molecule has 0 radical (unpaired) electrons. The van der Waals surface area contributed by atoms with Crippen LogP contribution in [0.1, 0.15) is 21.6 Å². The van der Waals surface area contributed by atoms with Crippen LogP contribution in [0.25, 0.3) is 10.9 Å². The van der Waals surface area contributed by atoms with Gasteiger partial charge in [-0.2, -0.15) is 0 Å². The van der Waals surface area contributed by atoms with Gasteiger partial charge in [0.15, 0.2) is 5.78 Å². The van der Waals surface area contributed by atoms with Crippen molar-refractivity contribution in [2.45, 2.75) is 13.8 Å². The van der Waals surface area contributed by atoms with E-state index < -0.39 is 0 Å². The Morgan fingerprint density at radius 1 is 1.38 bits per heavy atom. The number of benzene rings is 1. The molecule has 0 aliphatic heterocycles. The van der Waals surface area contributed by atoms with Gasteiger partial charge in [-0.15, -0.1) is 0 Å². The molecule has 1 aromatic carbocycles. The Bertz CT molecular complexity index is 567. The number of ketones is 1. The lowest BCUT2D eigenvalue weighted by atomic mass is 10.1. The van der Waals surface area contributed by atoms with Crippen molar-refractivity contribution in [2.75, 3.05) is 6.54 Å². The Morgan fingerprint density at radius 2 is 2.06 bits per heavy atom. The molecule has 0 amide bonds. The van der Waals surface area contributed by atoms with Crippen molar-refractivity contribution in [3.8, 4) is 0 Å². The fourth-order valence-corrected chi connectivity index (χ4v) is 2.14. The molecule has 0 unspecified atom stereocenters. The van der Waals surface area contributed by atoms with Gasteiger partial charge in [-0.3, -0.25) is 4.79 Å². The molecule has 3 nitrogen and oxygen atoms in total. The normalized spacial score (nSPS) is 11.0. The number of rotatable bonds is 2. The molecule has 2 aromatic rings. The molecule has 0 fully saturated rings. The summed E-state index contributed by atoms with van der Waals surface area (Å²) in [6.07, 6.45) is 0. The maximum atomic E-state index is 11.8. The monoisotopic (exact) mass is 216 g/mol. The van der Waals surface area contributed by atoms with Crippen molar-refractivity contribution >= 4 is 16.7 Å². The third-order valence-corrected chi connectivity index (χ3v) is 3.11. The number of hydrogen-bond acceptors (Lipinski definition) is 2. The van der Waals surface area contributed by atoms with Crippen molar-refractivity contribution in [1.82, 2.24) is 4.57 Å². The topological polar surface area (TPSA) is 48.0 Å². The van der Waals surface area contributed by atoms with Gasteiger partial charge in [-0.25, -0.2) is 0 Å². The molecule has 84 valence electrons. The van der Waals surface area contributed by atoms with E-state index in [0.717, 1.165) is 27.7 Å². The lowest BCUT2D eigenvalue weighted by Crippen LogP contribution is -2.14. The highest BCUT2D eigenvalue weighted by atomic mass is 16.1. The number of nitrogens with two attached hydrogens (primary N) is 1. The van der Waals surface area contributed by atoms with Crippen LogP contribution < -0.4 is 5.73 Å². The maximum absolute atomic E-state index is 11.8. The molecule has 1 aromatic heterocycles. The molecule has 2 N–H and O–H groups in total. The standard InChI is InChI=1S/C13H16N2O/c1-8-4-5-11-10(6-8)13(12(16)7-14)9(2)15(11)3/h4-6H,7,14H2,1-3H3. The van der Waals surface area contributed by atoms with Gasteiger partial charge >= 0.3 is 0 Å². The summed E-state index contributed by atoms with van der Waals surface area (Å²) in [7, 11) is 1.97. The van der Waals surface area contributed by atoms with E-state index in [1.54, 1.807) is 0 Å². The van der Waals surface area contributed by atoms with Gasteiger partial charge in [0.05, 0.1) is 6.54 Å². The molecule has 0 spiro atoms. The lowest BCUT2D eigenvalue weighted by Gasteiger charge is -1.99. The number of nitrogens with zero attached hydrogens (tertiary/aromatic N) is 1. The maximum Gasteiger partial charge on any atom is 0.178 e. The molecule has 0 saturated heterocycles. The van der Waals surface area contributed by atoms with Gasteiger partial charge < -0.3 is 10.3 Å². The third kappa shape index (κ3) is 1.44. The summed E-state index contributed by atoms with van der Waals surface area (Å²) < 4.78 is 2.04. The van der Waals surface area contributed by atoms with Crippen LogP contribution in [0, 0.1) is 13.8 Å². The fourth-order valence-electron chi connectivity index (χ4n) is 2.14. The van der Waals surface area contributed by atoms with Crippen LogP contribution in [0.5, 0.6) is 0 Å². The first-order valence-corrected chi connectivity index (χ1v) is 5.35. The predicted octanol–water partition coefficient (Wildman–Crippen LogP) is 1.94. The zero-order valence-corrected chi connectivity index (χ0v) is 9.87. The van der Waals surface area contributed by atoms with Gasteiger partial charge in [0.25, 0.3) is 0 Å². The average molecular weight is 216 g/mol. The zero-order chi connectivity index (χ0) is 11.9. The summed E-state index contributed by atoms with van der Waals surface area (Å²) >= 11 is 0. The lowest BCUT2D eigenvalue weighted by molar-refractivity contribution is 0.100. The van der Waals surface area contributed by atoms with Crippen molar-refractivity contribution in [3.05, 3.63) is 35.0 Å². The van der Waals surface area contributed by atoms with E-state index in [9.17, 15) is 4.79 Å². The molecule has 0 bridgehead atoms. The minimum Gasteiger partial charge on any atom is -0.347 e. The second kappa shape index (κ2) is 3.76. The summed E-state index contributed by atoms with van der Waals surface area (Å²) in [4.78, 5) is 11.8. The highest BCUT2D eigenvalue weighted by molar-refractivity contribution is 6.10. The molecule has 0 atom stereocenters. The first-order valence-electron chi connectivity index (χ1n) is 5.35. The van der Waals surface area contributed by atoms with E-state index in [2.05, 4.69) is 6.07 Å². The van der Waals surface area contributed by atoms with E-state index in [-0.39, 0.29) is 12.3 Å². The van der Waals surface area contributed by atoms with E-state index >= 15 is 0 Å². The van der Waals surface area contributed by atoms with Crippen molar-refractivity contribution in [1.29, 1.82) is 0 Å². The smallest absolute Gasteiger partial charge is 0.178 e. The molecule has 1 heterocycles. The Kier molecular flexibility index (Phi) is 2.56. The van der Waals surface area contributed by atoms with Crippen LogP contribution in [-0.2, 0) is 7.05 Å². The minimum atomic E-state index is 0.00806. The van der Waals surface area contributed by atoms with Crippen LogP contribution in [0.2, 0.25) is 0 Å². The summed E-state index contributed by atoms with van der Waals surface area (Å²) in [6.45, 7) is 4.05. The number of carbonyl (C=O) groups is 1. The van der Waals surface area contributed by atoms with Crippen LogP contribution in [0.15, 0.2) is 18.2 Å². The van der Waals surface area contributed by atoms with Crippen molar-refractivity contribution in [3.63, 3.8) is 0 Å². The van der Waals surface area contributed by atoms with E-state index in [0.29, 0.717) is 0 Å². The second-order valence-electron chi connectivity index (χ2n) is 4.17. The molecular weight excluding hydrogens is 200 g/mol. The fraction of sp³-hybridized carbons (Fsp3) is 0.308. The minimum absolute atomic E-state index is 0.00806. The molecule has 3 heteroatoms. The molecule has 16 heavy (non-hydrogen) atoms. The number of carbonyl (C=O) groups excluding carboxylic acids is 1. The summed E-state index contributed by atoms with van der Waals surface area (Å²) in [5.41, 5.74) is 9.44. The van der Waals surface area contributed by atoms with Crippen LogP contribution >= 0.6 is 0 Å². The first kappa shape index (κ1) is 10.9. The SMILES string of the molecule is Cc1ccc2c(c1)c(C(=O)CN)c(C)n2C. The van der Waals surface area contributed by atoms with Gasteiger partial charge in [0.2, 0.25) is 0 Å². The predicted molar refractivity (Wildman–Crippen MR) is 65.8 cm³/mol. The van der Waals surface area contributed by atoms with Crippen LogP contribution in [-0.4, -0.2) is 16.9 Å². The van der Waals surface area contributed by atoms with E-state index in [1.807, 2.05) is 37.6 Å². The Balaban J connectivity index is 2.85. The molecule has 2 rings (SSSR count). The number of Topliss-reactive ketones (excluding diaryl/α,β-unsaturated/α-hetero) is 1. The largest absolute Gasteiger partial charge is 0.347 e.